The summed E-state index contributed by atoms with van der Waals surface area (Å²) in [4.78, 5) is 16.0. The Kier molecular flexibility index (Phi) is 5.82. The lowest BCUT2D eigenvalue weighted by Gasteiger charge is -2.11. The van der Waals surface area contributed by atoms with Crippen LogP contribution in [0.4, 0.5) is 18.9 Å². The van der Waals surface area contributed by atoms with Gasteiger partial charge in [0.1, 0.15) is 0 Å². The number of anilines is 1. The minimum absolute atomic E-state index is 0.0116. The standard InChI is InChI=1S/C15H15ClF3N3O2/c1-2-3-12-21-14(24-22-12)7-6-13(23)20-9-4-5-11(16)10(8-9)15(17,18)19/h4-5,8H,2-3,6-7H2,1H3,(H,20,23). The first-order valence-corrected chi connectivity index (χ1v) is 7.65. The van der Waals surface area contributed by atoms with E-state index in [-0.39, 0.29) is 18.5 Å². The van der Waals surface area contributed by atoms with Crippen LogP contribution in [0.25, 0.3) is 0 Å². The van der Waals surface area contributed by atoms with E-state index in [1.54, 1.807) is 0 Å². The molecule has 0 aliphatic heterocycles. The molecule has 0 saturated heterocycles. The van der Waals surface area contributed by atoms with Crippen LogP contribution in [0.1, 0.15) is 37.0 Å². The Bertz CT molecular complexity index is 716. The third-order valence-corrected chi connectivity index (χ3v) is 3.43. The van der Waals surface area contributed by atoms with Crippen molar-refractivity contribution in [3.8, 4) is 0 Å². The van der Waals surface area contributed by atoms with Crippen molar-refractivity contribution in [3.05, 3.63) is 40.5 Å². The Labute approximate surface area is 141 Å². The summed E-state index contributed by atoms with van der Waals surface area (Å²) in [6.45, 7) is 1.98. The minimum atomic E-state index is -4.59. The van der Waals surface area contributed by atoms with Crippen LogP contribution in [-0.4, -0.2) is 16.0 Å². The maximum Gasteiger partial charge on any atom is 0.417 e. The zero-order valence-electron chi connectivity index (χ0n) is 12.8. The summed E-state index contributed by atoms with van der Waals surface area (Å²) in [6, 6.07) is 3.20. The number of nitrogens with one attached hydrogen (secondary N) is 1. The van der Waals surface area contributed by atoms with Gasteiger partial charge in [-0.2, -0.15) is 18.2 Å². The normalized spacial score (nSPS) is 11.5. The summed E-state index contributed by atoms with van der Waals surface area (Å²) >= 11 is 5.53. The van der Waals surface area contributed by atoms with Gasteiger partial charge in [0.15, 0.2) is 5.82 Å². The van der Waals surface area contributed by atoms with Crippen LogP contribution in [-0.2, 0) is 23.8 Å². The molecule has 0 atom stereocenters. The first-order chi connectivity index (χ1) is 11.3. The van der Waals surface area contributed by atoms with Gasteiger partial charge in [-0.3, -0.25) is 4.79 Å². The van der Waals surface area contributed by atoms with Gasteiger partial charge in [0.25, 0.3) is 0 Å². The molecule has 0 aliphatic carbocycles. The van der Waals surface area contributed by atoms with Crippen LogP contribution >= 0.6 is 11.6 Å². The van der Waals surface area contributed by atoms with Crippen molar-refractivity contribution >= 4 is 23.2 Å². The number of halogens is 4. The number of aryl methyl sites for hydroxylation is 2. The molecule has 1 N–H and O–H groups in total. The van der Waals surface area contributed by atoms with E-state index < -0.39 is 22.7 Å². The van der Waals surface area contributed by atoms with E-state index in [4.69, 9.17) is 16.1 Å². The van der Waals surface area contributed by atoms with Crippen molar-refractivity contribution in [2.24, 2.45) is 0 Å². The first-order valence-electron chi connectivity index (χ1n) is 7.27. The highest BCUT2D eigenvalue weighted by atomic mass is 35.5. The second-order valence-corrected chi connectivity index (χ2v) is 5.50. The van der Waals surface area contributed by atoms with Crippen molar-refractivity contribution in [1.29, 1.82) is 0 Å². The summed E-state index contributed by atoms with van der Waals surface area (Å²) in [7, 11) is 0. The summed E-state index contributed by atoms with van der Waals surface area (Å²) in [5.74, 6) is 0.432. The number of rotatable bonds is 6. The van der Waals surface area contributed by atoms with Crippen LogP contribution in [0.3, 0.4) is 0 Å². The predicted octanol–water partition coefficient (Wildman–Crippen LogP) is 4.27. The van der Waals surface area contributed by atoms with Gasteiger partial charge in [-0.1, -0.05) is 23.7 Å². The number of nitrogens with zero attached hydrogens (tertiary/aromatic N) is 2. The molecular weight excluding hydrogens is 347 g/mol. The lowest BCUT2D eigenvalue weighted by Crippen LogP contribution is -2.14. The van der Waals surface area contributed by atoms with E-state index in [9.17, 15) is 18.0 Å². The lowest BCUT2D eigenvalue weighted by molar-refractivity contribution is -0.137. The third kappa shape index (κ3) is 4.95. The number of hydrogen-bond acceptors (Lipinski definition) is 4. The number of hydrogen-bond donors (Lipinski definition) is 1. The Morgan fingerprint density at radius 3 is 2.75 bits per heavy atom. The summed E-state index contributed by atoms with van der Waals surface area (Å²) < 4.78 is 43.3. The molecule has 0 aliphatic rings. The molecule has 0 spiro atoms. The van der Waals surface area contributed by atoms with Gasteiger partial charge in [0.2, 0.25) is 11.8 Å². The van der Waals surface area contributed by atoms with E-state index in [1.807, 2.05) is 6.92 Å². The molecule has 2 rings (SSSR count). The number of carbonyl (C=O) groups is 1. The molecule has 1 aromatic carbocycles. The quantitative estimate of drug-likeness (QED) is 0.834. The highest BCUT2D eigenvalue weighted by Crippen LogP contribution is 2.36. The topological polar surface area (TPSA) is 68.0 Å². The van der Waals surface area contributed by atoms with Crippen molar-refractivity contribution in [3.63, 3.8) is 0 Å². The summed E-state index contributed by atoms with van der Waals surface area (Å²) in [6.07, 6.45) is -2.81. The first kappa shape index (κ1) is 18.3. The van der Waals surface area contributed by atoms with Gasteiger partial charge < -0.3 is 9.84 Å². The molecule has 24 heavy (non-hydrogen) atoms. The van der Waals surface area contributed by atoms with Crippen molar-refractivity contribution in [1.82, 2.24) is 10.1 Å². The molecule has 0 radical (unpaired) electrons. The third-order valence-electron chi connectivity index (χ3n) is 3.11. The Morgan fingerprint density at radius 2 is 2.08 bits per heavy atom. The summed E-state index contributed by atoms with van der Waals surface area (Å²) in [5.41, 5.74) is -0.975. The Morgan fingerprint density at radius 1 is 1.33 bits per heavy atom. The fraction of sp³-hybridized carbons (Fsp3) is 0.400. The van der Waals surface area contributed by atoms with E-state index >= 15 is 0 Å². The average Bonchev–Trinajstić information content (AvgIpc) is 2.94. The van der Waals surface area contributed by atoms with Crippen molar-refractivity contribution in [2.45, 2.75) is 38.8 Å². The van der Waals surface area contributed by atoms with Crippen LogP contribution in [0, 0.1) is 0 Å². The molecule has 0 bridgehead atoms. The maximum absolute atomic E-state index is 12.8. The largest absolute Gasteiger partial charge is 0.417 e. The molecule has 2 aromatic rings. The van der Waals surface area contributed by atoms with E-state index in [2.05, 4.69) is 15.5 Å². The fourth-order valence-electron chi connectivity index (χ4n) is 1.98. The second kappa shape index (κ2) is 7.65. The molecule has 130 valence electrons. The van der Waals surface area contributed by atoms with Crippen molar-refractivity contribution < 1.29 is 22.5 Å². The maximum atomic E-state index is 12.8. The second-order valence-electron chi connectivity index (χ2n) is 5.09. The van der Waals surface area contributed by atoms with Gasteiger partial charge in [-0.15, -0.1) is 0 Å². The van der Waals surface area contributed by atoms with Crippen LogP contribution < -0.4 is 5.32 Å². The SMILES string of the molecule is CCCc1noc(CCC(=O)Nc2ccc(Cl)c(C(F)(F)F)c2)n1. The van der Waals surface area contributed by atoms with Gasteiger partial charge in [0.05, 0.1) is 10.6 Å². The molecule has 9 heteroatoms. The number of amides is 1. The molecule has 0 unspecified atom stereocenters. The van der Waals surface area contributed by atoms with E-state index in [0.29, 0.717) is 18.1 Å². The molecule has 1 heterocycles. The lowest BCUT2D eigenvalue weighted by atomic mass is 10.2. The molecule has 5 nitrogen and oxygen atoms in total. The highest BCUT2D eigenvalue weighted by Gasteiger charge is 2.33. The van der Waals surface area contributed by atoms with Crippen LogP contribution in [0.5, 0.6) is 0 Å². The monoisotopic (exact) mass is 361 g/mol. The zero-order valence-corrected chi connectivity index (χ0v) is 13.5. The van der Waals surface area contributed by atoms with Gasteiger partial charge >= 0.3 is 6.18 Å². The van der Waals surface area contributed by atoms with Crippen LogP contribution in [0.2, 0.25) is 5.02 Å². The minimum Gasteiger partial charge on any atom is -0.339 e. The number of aromatic nitrogens is 2. The smallest absolute Gasteiger partial charge is 0.339 e. The number of alkyl halides is 3. The Hall–Kier alpha value is -2.09. The molecule has 1 aromatic heterocycles. The number of carbonyl (C=O) groups excluding carboxylic acids is 1. The summed E-state index contributed by atoms with van der Waals surface area (Å²) in [5, 5.41) is 5.73. The fourth-order valence-corrected chi connectivity index (χ4v) is 2.21. The zero-order chi connectivity index (χ0) is 17.7. The number of benzene rings is 1. The molecular formula is C15H15ClF3N3O2. The molecule has 1 amide bonds. The molecule has 0 saturated carbocycles. The van der Waals surface area contributed by atoms with E-state index in [1.165, 1.54) is 6.07 Å². The highest BCUT2D eigenvalue weighted by molar-refractivity contribution is 6.31. The van der Waals surface area contributed by atoms with Gasteiger partial charge in [-0.25, -0.2) is 0 Å². The Balaban J connectivity index is 1.94. The van der Waals surface area contributed by atoms with Crippen molar-refractivity contribution in [2.75, 3.05) is 5.32 Å². The molecule has 0 fully saturated rings. The van der Waals surface area contributed by atoms with E-state index in [0.717, 1.165) is 18.6 Å². The van der Waals surface area contributed by atoms with Crippen LogP contribution in [0.15, 0.2) is 22.7 Å². The average molecular weight is 362 g/mol. The predicted molar refractivity (Wildman–Crippen MR) is 81.7 cm³/mol. The van der Waals surface area contributed by atoms with Gasteiger partial charge in [0, 0.05) is 24.9 Å². The van der Waals surface area contributed by atoms with Gasteiger partial charge in [-0.05, 0) is 24.6 Å².